The predicted octanol–water partition coefficient (Wildman–Crippen LogP) is 0.575. The van der Waals surface area contributed by atoms with Gasteiger partial charge in [-0.05, 0) is 32.8 Å². The van der Waals surface area contributed by atoms with Gasteiger partial charge in [-0.1, -0.05) is 6.07 Å². The van der Waals surface area contributed by atoms with Gasteiger partial charge < -0.3 is 10.2 Å². The normalized spacial score (nSPS) is 21.3. The number of rotatable bonds is 4. The van der Waals surface area contributed by atoms with Gasteiger partial charge in [0.15, 0.2) is 0 Å². The Hall–Kier alpha value is -1.95. The number of carbonyl (C=O) groups is 2. The molecule has 0 atom stereocenters. The van der Waals surface area contributed by atoms with Crippen LogP contribution in [0.25, 0.3) is 0 Å². The van der Waals surface area contributed by atoms with Gasteiger partial charge >= 0.3 is 0 Å². The monoisotopic (exact) mass is 288 g/mol. The van der Waals surface area contributed by atoms with Crippen molar-refractivity contribution in [3.63, 3.8) is 0 Å². The molecule has 1 aromatic rings. The van der Waals surface area contributed by atoms with E-state index in [0.29, 0.717) is 18.4 Å². The Morgan fingerprint density at radius 1 is 1.43 bits per heavy atom. The molecule has 0 spiro atoms. The molecular formula is C15H20N4O2. The highest BCUT2D eigenvalue weighted by Crippen LogP contribution is 2.28. The van der Waals surface area contributed by atoms with Crippen LogP contribution in [0.1, 0.15) is 32.3 Å². The molecule has 112 valence electrons. The summed E-state index contributed by atoms with van der Waals surface area (Å²) >= 11 is 0. The fourth-order valence-electron chi connectivity index (χ4n) is 2.48. The molecule has 0 unspecified atom stereocenters. The summed E-state index contributed by atoms with van der Waals surface area (Å²) in [5, 5.41) is 5.84. The Labute approximate surface area is 123 Å². The quantitative estimate of drug-likeness (QED) is 0.793. The summed E-state index contributed by atoms with van der Waals surface area (Å²) in [6.07, 6.45) is 4.13. The first-order valence-corrected chi connectivity index (χ1v) is 7.27. The van der Waals surface area contributed by atoms with Crippen LogP contribution in [0.5, 0.6) is 0 Å². The molecule has 6 heteroatoms. The van der Waals surface area contributed by atoms with E-state index in [1.54, 1.807) is 11.1 Å². The molecule has 2 aliphatic rings. The van der Waals surface area contributed by atoms with Crippen LogP contribution in [0.4, 0.5) is 5.82 Å². The molecule has 21 heavy (non-hydrogen) atoms. The van der Waals surface area contributed by atoms with E-state index in [0.717, 1.165) is 5.56 Å². The maximum atomic E-state index is 12.1. The summed E-state index contributed by atoms with van der Waals surface area (Å²) in [4.78, 5) is 30.0. The lowest BCUT2D eigenvalue weighted by Gasteiger charge is -2.41. The number of amides is 2. The van der Waals surface area contributed by atoms with Crippen LogP contribution in [-0.2, 0) is 16.1 Å². The van der Waals surface area contributed by atoms with Crippen LogP contribution in [0.2, 0.25) is 0 Å². The van der Waals surface area contributed by atoms with Crippen LogP contribution >= 0.6 is 0 Å². The number of carbonyl (C=O) groups excluding carboxylic acids is 2. The van der Waals surface area contributed by atoms with Gasteiger partial charge in [-0.3, -0.25) is 14.9 Å². The molecule has 2 fully saturated rings. The van der Waals surface area contributed by atoms with Crippen molar-refractivity contribution in [1.29, 1.82) is 0 Å². The van der Waals surface area contributed by atoms with E-state index in [-0.39, 0.29) is 18.4 Å². The third-order valence-electron chi connectivity index (χ3n) is 4.07. The zero-order valence-electron chi connectivity index (χ0n) is 12.3. The van der Waals surface area contributed by atoms with Gasteiger partial charge in [0.05, 0.1) is 6.54 Å². The highest BCUT2D eigenvalue weighted by Gasteiger charge is 2.42. The lowest BCUT2D eigenvalue weighted by molar-refractivity contribution is -0.135. The second-order valence-electron chi connectivity index (χ2n) is 6.16. The maximum absolute atomic E-state index is 12.1. The molecule has 1 aromatic heterocycles. The highest BCUT2D eigenvalue weighted by molar-refractivity contribution is 6.06. The molecule has 1 saturated carbocycles. The summed E-state index contributed by atoms with van der Waals surface area (Å²) in [6, 6.07) is 4.47. The highest BCUT2D eigenvalue weighted by atomic mass is 16.2. The van der Waals surface area contributed by atoms with E-state index in [2.05, 4.69) is 15.6 Å². The number of hydrogen-bond donors (Lipinski definition) is 2. The van der Waals surface area contributed by atoms with Crippen molar-refractivity contribution in [2.24, 2.45) is 0 Å². The minimum atomic E-state index is -0.795. The number of piperazine rings is 1. The van der Waals surface area contributed by atoms with Crippen molar-refractivity contribution < 1.29 is 9.59 Å². The van der Waals surface area contributed by atoms with Crippen molar-refractivity contribution >= 4 is 17.6 Å². The molecule has 0 aromatic carbocycles. The smallest absolute Gasteiger partial charge is 0.251 e. The summed E-state index contributed by atoms with van der Waals surface area (Å²) in [7, 11) is 0. The van der Waals surface area contributed by atoms with Crippen molar-refractivity contribution in [2.75, 3.05) is 11.4 Å². The van der Waals surface area contributed by atoms with E-state index in [9.17, 15) is 9.59 Å². The average molecular weight is 288 g/mol. The second-order valence-corrected chi connectivity index (χ2v) is 6.16. The Balaban J connectivity index is 1.90. The maximum Gasteiger partial charge on any atom is 0.251 e. The minimum absolute atomic E-state index is 0.145. The van der Waals surface area contributed by atoms with Crippen molar-refractivity contribution in [1.82, 2.24) is 15.6 Å². The molecule has 1 saturated heterocycles. The summed E-state index contributed by atoms with van der Waals surface area (Å²) < 4.78 is 0. The van der Waals surface area contributed by atoms with Gasteiger partial charge in [0.1, 0.15) is 11.4 Å². The molecule has 0 bridgehead atoms. The second kappa shape index (κ2) is 5.11. The van der Waals surface area contributed by atoms with Gasteiger partial charge in [-0.15, -0.1) is 0 Å². The predicted molar refractivity (Wildman–Crippen MR) is 78.7 cm³/mol. The van der Waals surface area contributed by atoms with Crippen LogP contribution in [-0.4, -0.2) is 34.9 Å². The minimum Gasteiger partial charge on any atom is -0.333 e. The lowest BCUT2D eigenvalue weighted by Crippen LogP contribution is -2.64. The van der Waals surface area contributed by atoms with Gasteiger partial charge in [-0.25, -0.2) is 4.98 Å². The fraction of sp³-hybridized carbons (Fsp3) is 0.533. The van der Waals surface area contributed by atoms with Gasteiger partial charge in [0.2, 0.25) is 5.91 Å². The van der Waals surface area contributed by atoms with Crippen LogP contribution in [0, 0.1) is 0 Å². The Morgan fingerprint density at radius 3 is 2.90 bits per heavy atom. The molecule has 2 heterocycles. The number of imide groups is 1. The van der Waals surface area contributed by atoms with E-state index >= 15 is 0 Å². The van der Waals surface area contributed by atoms with E-state index in [1.165, 1.54) is 12.8 Å². The van der Waals surface area contributed by atoms with Crippen molar-refractivity contribution in [3.05, 3.63) is 23.9 Å². The van der Waals surface area contributed by atoms with Crippen molar-refractivity contribution in [3.8, 4) is 0 Å². The Kier molecular flexibility index (Phi) is 3.41. The standard InChI is InChI=1S/C15H20N4O2/c1-15(2)14(21)18-12(20)9-19(15)13-10(4-3-7-16-13)8-17-11-5-6-11/h3-4,7,11,17H,5-6,8-9H2,1-2H3,(H,18,20,21). The average Bonchev–Trinajstić information content (AvgIpc) is 3.25. The van der Waals surface area contributed by atoms with Gasteiger partial charge in [0, 0.05) is 24.3 Å². The molecule has 1 aliphatic heterocycles. The first-order chi connectivity index (χ1) is 9.98. The van der Waals surface area contributed by atoms with Crippen LogP contribution in [0.15, 0.2) is 18.3 Å². The third kappa shape index (κ3) is 2.76. The Bertz CT molecular complexity index is 581. The zero-order chi connectivity index (χ0) is 15.0. The topological polar surface area (TPSA) is 74.3 Å². The van der Waals surface area contributed by atoms with E-state index < -0.39 is 5.54 Å². The molecule has 0 radical (unpaired) electrons. The summed E-state index contributed by atoms with van der Waals surface area (Å²) in [6.45, 7) is 4.46. The molecule has 2 amide bonds. The number of nitrogens with zero attached hydrogens (tertiary/aromatic N) is 2. The first-order valence-electron chi connectivity index (χ1n) is 7.27. The summed E-state index contributed by atoms with van der Waals surface area (Å²) in [5.41, 5.74) is 0.219. The SMILES string of the molecule is CC1(C)C(=O)NC(=O)CN1c1ncccc1CNC1CC1. The third-order valence-corrected chi connectivity index (χ3v) is 4.07. The number of anilines is 1. The van der Waals surface area contributed by atoms with Gasteiger partial charge in [0.25, 0.3) is 5.91 Å². The summed E-state index contributed by atoms with van der Waals surface area (Å²) in [5.74, 6) is 0.135. The number of pyridine rings is 1. The van der Waals surface area contributed by atoms with E-state index in [1.807, 2.05) is 26.0 Å². The zero-order valence-corrected chi connectivity index (χ0v) is 12.3. The molecule has 2 N–H and O–H groups in total. The molecule has 1 aliphatic carbocycles. The largest absolute Gasteiger partial charge is 0.333 e. The molecular weight excluding hydrogens is 268 g/mol. The van der Waals surface area contributed by atoms with Gasteiger partial charge in [-0.2, -0.15) is 0 Å². The number of hydrogen-bond acceptors (Lipinski definition) is 5. The number of nitrogens with one attached hydrogen (secondary N) is 2. The van der Waals surface area contributed by atoms with Crippen LogP contribution in [0.3, 0.4) is 0 Å². The molecule has 3 rings (SSSR count). The fourth-order valence-corrected chi connectivity index (χ4v) is 2.48. The molecule has 6 nitrogen and oxygen atoms in total. The van der Waals surface area contributed by atoms with E-state index in [4.69, 9.17) is 0 Å². The Morgan fingerprint density at radius 2 is 2.19 bits per heavy atom. The van der Waals surface area contributed by atoms with Crippen molar-refractivity contribution in [2.45, 2.75) is 44.8 Å². The lowest BCUT2D eigenvalue weighted by atomic mass is 9.98. The number of aromatic nitrogens is 1. The van der Waals surface area contributed by atoms with Crippen LogP contribution < -0.4 is 15.5 Å². The first kappa shape index (κ1) is 14.0.